The van der Waals surface area contributed by atoms with Gasteiger partial charge in [-0.05, 0) is 64.5 Å². The van der Waals surface area contributed by atoms with Gasteiger partial charge in [-0.3, -0.25) is 4.79 Å². The van der Waals surface area contributed by atoms with Crippen LogP contribution in [0.3, 0.4) is 0 Å². The highest BCUT2D eigenvalue weighted by Crippen LogP contribution is 2.33. The first kappa shape index (κ1) is 24.6. The number of hydrogen-bond donors (Lipinski definition) is 1. The molecule has 1 saturated carbocycles. The standard InChI is InChI=1S/C26H34ClN3O4/c1-17(2)30(18-9-8-14-29(16-18)26(32)33)25(31)22-15-21(27)20-12-7-13-23(24(20)28-22)34-19-10-5-3-4-6-11-19/h7,12-13,15,17-19H,3-6,8-11,14,16H2,1-2H3,(H,32,33)/t18-/m1/s1. The number of nitrogens with zero attached hydrogens (tertiary/aromatic N) is 3. The summed E-state index contributed by atoms with van der Waals surface area (Å²) in [6, 6.07) is 7.01. The van der Waals surface area contributed by atoms with Gasteiger partial charge in [0, 0.05) is 24.5 Å². The van der Waals surface area contributed by atoms with Gasteiger partial charge in [-0.15, -0.1) is 0 Å². The molecule has 1 aliphatic carbocycles. The fraction of sp³-hybridized carbons (Fsp3) is 0.577. The van der Waals surface area contributed by atoms with E-state index in [2.05, 4.69) is 0 Å². The summed E-state index contributed by atoms with van der Waals surface area (Å²) in [6.07, 6.45) is 7.50. The van der Waals surface area contributed by atoms with E-state index in [1.807, 2.05) is 32.0 Å². The van der Waals surface area contributed by atoms with Crippen LogP contribution in [-0.2, 0) is 0 Å². The predicted molar refractivity (Wildman–Crippen MR) is 133 cm³/mol. The van der Waals surface area contributed by atoms with E-state index in [9.17, 15) is 14.7 Å². The van der Waals surface area contributed by atoms with Gasteiger partial charge >= 0.3 is 6.09 Å². The van der Waals surface area contributed by atoms with Crippen LogP contribution in [0.2, 0.25) is 5.02 Å². The Hall–Kier alpha value is -2.54. The highest BCUT2D eigenvalue weighted by atomic mass is 35.5. The molecule has 0 spiro atoms. The van der Waals surface area contributed by atoms with Crippen molar-refractivity contribution in [2.75, 3.05) is 13.1 Å². The summed E-state index contributed by atoms with van der Waals surface area (Å²) in [5, 5.41) is 10.7. The smallest absolute Gasteiger partial charge is 0.407 e. The molecule has 7 nitrogen and oxygen atoms in total. The molecule has 184 valence electrons. The number of piperidine rings is 1. The number of fused-ring (bicyclic) bond motifs is 1. The number of benzene rings is 1. The van der Waals surface area contributed by atoms with Crippen molar-refractivity contribution in [3.63, 3.8) is 0 Å². The molecule has 1 N–H and O–H groups in total. The SMILES string of the molecule is CC(C)N(C(=O)c1cc(Cl)c2cccc(OC3CCCCCC3)c2n1)[C@@H]1CCCN(C(=O)O)C1. The first-order valence-corrected chi connectivity index (χ1v) is 12.8. The highest BCUT2D eigenvalue weighted by Gasteiger charge is 2.33. The largest absolute Gasteiger partial charge is 0.488 e. The average Bonchev–Trinajstić information content (AvgIpc) is 3.08. The maximum Gasteiger partial charge on any atom is 0.407 e. The fourth-order valence-electron chi connectivity index (χ4n) is 5.23. The molecule has 0 unspecified atom stereocenters. The summed E-state index contributed by atoms with van der Waals surface area (Å²) < 4.78 is 6.39. The van der Waals surface area contributed by atoms with E-state index in [1.165, 1.54) is 17.7 Å². The second kappa shape index (κ2) is 10.8. The van der Waals surface area contributed by atoms with Crippen molar-refractivity contribution in [3.8, 4) is 5.75 Å². The van der Waals surface area contributed by atoms with E-state index < -0.39 is 6.09 Å². The molecule has 4 rings (SSSR count). The van der Waals surface area contributed by atoms with Gasteiger partial charge < -0.3 is 19.6 Å². The molecular weight excluding hydrogens is 454 g/mol. The molecule has 1 aromatic heterocycles. The lowest BCUT2D eigenvalue weighted by Crippen LogP contribution is -2.53. The summed E-state index contributed by atoms with van der Waals surface area (Å²) in [4.78, 5) is 33.1. The van der Waals surface area contributed by atoms with Gasteiger partial charge in [-0.1, -0.05) is 36.6 Å². The van der Waals surface area contributed by atoms with E-state index >= 15 is 0 Å². The van der Waals surface area contributed by atoms with Crippen LogP contribution in [0.15, 0.2) is 24.3 Å². The molecule has 2 fully saturated rings. The minimum Gasteiger partial charge on any atom is -0.488 e. The number of hydrogen-bond acceptors (Lipinski definition) is 4. The summed E-state index contributed by atoms with van der Waals surface area (Å²) >= 11 is 6.63. The van der Waals surface area contributed by atoms with Crippen LogP contribution < -0.4 is 4.74 Å². The Labute approximate surface area is 206 Å². The number of carbonyl (C=O) groups excluding carboxylic acids is 1. The van der Waals surface area contributed by atoms with Crippen LogP contribution in [0.1, 0.15) is 75.7 Å². The van der Waals surface area contributed by atoms with Gasteiger partial charge in [0.15, 0.2) is 0 Å². The minimum atomic E-state index is -0.951. The summed E-state index contributed by atoms with van der Waals surface area (Å²) in [6.45, 7) is 4.69. The lowest BCUT2D eigenvalue weighted by molar-refractivity contribution is 0.0445. The van der Waals surface area contributed by atoms with Gasteiger partial charge in [0.2, 0.25) is 0 Å². The van der Waals surface area contributed by atoms with Crippen LogP contribution >= 0.6 is 11.6 Å². The van der Waals surface area contributed by atoms with Crippen molar-refractivity contribution in [1.29, 1.82) is 0 Å². The normalized spacial score (nSPS) is 19.8. The third kappa shape index (κ3) is 5.40. The number of para-hydroxylation sites is 1. The van der Waals surface area contributed by atoms with Gasteiger partial charge in [0.25, 0.3) is 5.91 Å². The first-order chi connectivity index (χ1) is 16.3. The van der Waals surface area contributed by atoms with Crippen molar-refractivity contribution in [2.24, 2.45) is 0 Å². The van der Waals surface area contributed by atoms with Gasteiger partial charge in [-0.25, -0.2) is 9.78 Å². The lowest BCUT2D eigenvalue weighted by Gasteiger charge is -2.40. The molecule has 34 heavy (non-hydrogen) atoms. The Kier molecular flexibility index (Phi) is 7.81. The highest BCUT2D eigenvalue weighted by molar-refractivity contribution is 6.35. The Morgan fingerprint density at radius 1 is 1.15 bits per heavy atom. The molecule has 2 amide bonds. The summed E-state index contributed by atoms with van der Waals surface area (Å²) in [5.41, 5.74) is 0.859. The number of amides is 2. The van der Waals surface area contributed by atoms with Crippen molar-refractivity contribution < 1.29 is 19.4 Å². The molecule has 1 saturated heterocycles. The van der Waals surface area contributed by atoms with Crippen molar-refractivity contribution >= 4 is 34.5 Å². The monoisotopic (exact) mass is 487 g/mol. The number of aromatic nitrogens is 1. The van der Waals surface area contributed by atoms with Gasteiger partial charge in [-0.2, -0.15) is 0 Å². The lowest BCUT2D eigenvalue weighted by atomic mass is 10.0. The molecular formula is C26H34ClN3O4. The van der Waals surface area contributed by atoms with E-state index in [-0.39, 0.29) is 29.8 Å². The first-order valence-electron chi connectivity index (χ1n) is 12.4. The zero-order valence-electron chi connectivity index (χ0n) is 20.0. The van der Waals surface area contributed by atoms with E-state index in [0.717, 1.165) is 43.9 Å². The average molecular weight is 488 g/mol. The molecule has 1 aromatic carbocycles. The van der Waals surface area contributed by atoms with Crippen molar-refractivity contribution in [3.05, 3.63) is 35.0 Å². The summed E-state index contributed by atoms with van der Waals surface area (Å²) in [5.74, 6) is 0.423. The maximum atomic E-state index is 13.7. The van der Waals surface area contributed by atoms with Crippen LogP contribution in [-0.4, -0.2) is 63.2 Å². The quantitative estimate of drug-likeness (QED) is 0.524. The number of ether oxygens (including phenoxy) is 1. The van der Waals surface area contributed by atoms with E-state index in [1.54, 1.807) is 11.0 Å². The molecule has 2 heterocycles. The Morgan fingerprint density at radius 3 is 2.56 bits per heavy atom. The molecule has 1 atom stereocenters. The molecule has 2 aliphatic rings. The maximum absolute atomic E-state index is 13.7. The third-order valence-corrected chi connectivity index (χ3v) is 7.23. The molecule has 8 heteroatoms. The Bertz CT molecular complexity index is 1040. The van der Waals surface area contributed by atoms with Crippen LogP contribution in [0.25, 0.3) is 10.9 Å². The molecule has 2 aromatic rings. The molecule has 0 bridgehead atoms. The van der Waals surface area contributed by atoms with E-state index in [4.69, 9.17) is 21.3 Å². The number of likely N-dealkylation sites (tertiary alicyclic amines) is 1. The van der Waals surface area contributed by atoms with Crippen LogP contribution in [0.4, 0.5) is 4.79 Å². The number of carboxylic acid groups (broad SMARTS) is 1. The predicted octanol–water partition coefficient (Wildman–Crippen LogP) is 5.98. The van der Waals surface area contributed by atoms with Crippen molar-refractivity contribution in [1.82, 2.24) is 14.8 Å². The number of pyridine rings is 1. The number of halogens is 1. The van der Waals surface area contributed by atoms with Gasteiger partial charge in [0.05, 0.1) is 17.2 Å². The Morgan fingerprint density at radius 2 is 1.88 bits per heavy atom. The van der Waals surface area contributed by atoms with Crippen molar-refractivity contribution in [2.45, 2.75) is 83.4 Å². The van der Waals surface area contributed by atoms with E-state index in [0.29, 0.717) is 29.4 Å². The third-order valence-electron chi connectivity index (χ3n) is 6.92. The number of carbonyl (C=O) groups is 2. The molecule has 1 aliphatic heterocycles. The van der Waals surface area contributed by atoms with Gasteiger partial charge in [0.1, 0.15) is 17.0 Å². The number of rotatable bonds is 5. The fourth-order valence-corrected chi connectivity index (χ4v) is 5.49. The van der Waals surface area contributed by atoms with Crippen LogP contribution in [0, 0.1) is 0 Å². The zero-order valence-corrected chi connectivity index (χ0v) is 20.8. The second-order valence-electron chi connectivity index (χ2n) is 9.70. The summed E-state index contributed by atoms with van der Waals surface area (Å²) in [7, 11) is 0. The second-order valence-corrected chi connectivity index (χ2v) is 10.1. The zero-order chi connectivity index (χ0) is 24.2. The topological polar surface area (TPSA) is 83.0 Å². The Balaban J connectivity index is 1.65. The molecule has 0 radical (unpaired) electrons. The van der Waals surface area contributed by atoms with Crippen LogP contribution in [0.5, 0.6) is 5.75 Å². The minimum absolute atomic E-state index is 0.111.